The van der Waals surface area contributed by atoms with Crippen molar-refractivity contribution in [2.75, 3.05) is 19.7 Å². The van der Waals surface area contributed by atoms with Crippen LogP contribution in [0, 0.1) is 12.8 Å². The molecule has 1 heterocycles. The Morgan fingerprint density at radius 1 is 0.917 bits per heavy atom. The third kappa shape index (κ3) is 10.9. The molecule has 3 atom stereocenters. The third-order valence-electron chi connectivity index (χ3n) is 9.79. The van der Waals surface area contributed by atoms with E-state index in [2.05, 4.69) is 31.6 Å². The molecule has 4 rings (SSSR count). The lowest BCUT2D eigenvalue weighted by atomic mass is 9.87. The first-order valence-electron chi connectivity index (χ1n) is 18.0. The summed E-state index contributed by atoms with van der Waals surface area (Å²) in [5, 5.41) is 18.5. The largest absolute Gasteiger partial charge is 0.394 e. The van der Waals surface area contributed by atoms with Gasteiger partial charge in [0, 0.05) is 13.1 Å². The summed E-state index contributed by atoms with van der Waals surface area (Å²) < 4.78 is 2.27. The van der Waals surface area contributed by atoms with Gasteiger partial charge < -0.3 is 31.4 Å². The van der Waals surface area contributed by atoms with Crippen LogP contribution in [0.5, 0.6) is 0 Å². The average molecular weight is 661 g/mol. The van der Waals surface area contributed by atoms with Gasteiger partial charge in [0.15, 0.2) is 0 Å². The number of rotatable bonds is 19. The molecule has 1 aliphatic rings. The fourth-order valence-corrected chi connectivity index (χ4v) is 6.72. The lowest BCUT2D eigenvalue weighted by Crippen LogP contribution is -2.55. The van der Waals surface area contributed by atoms with Gasteiger partial charge in [0.05, 0.1) is 23.6 Å². The van der Waals surface area contributed by atoms with Gasteiger partial charge in [-0.25, -0.2) is 4.98 Å². The van der Waals surface area contributed by atoms with Gasteiger partial charge in [-0.1, -0.05) is 68.5 Å². The Kier molecular flexibility index (Phi) is 14.9. The Hall–Kier alpha value is -3.76. The van der Waals surface area contributed by atoms with Crippen LogP contribution in [0.1, 0.15) is 100 Å². The summed E-state index contributed by atoms with van der Waals surface area (Å²) >= 11 is 0. The zero-order chi connectivity index (χ0) is 34.3. The van der Waals surface area contributed by atoms with Crippen molar-refractivity contribution in [2.45, 2.75) is 115 Å². The molecule has 0 radical (unpaired) electrons. The van der Waals surface area contributed by atoms with Gasteiger partial charge in [-0.3, -0.25) is 14.4 Å². The molecule has 3 amide bonds. The summed E-state index contributed by atoms with van der Waals surface area (Å²) in [6.45, 7) is 5.25. The summed E-state index contributed by atoms with van der Waals surface area (Å²) in [7, 11) is 0. The predicted molar refractivity (Wildman–Crippen MR) is 190 cm³/mol. The van der Waals surface area contributed by atoms with Crippen molar-refractivity contribution in [3.63, 3.8) is 0 Å². The van der Waals surface area contributed by atoms with Crippen LogP contribution in [-0.4, -0.2) is 64.2 Å². The van der Waals surface area contributed by atoms with Gasteiger partial charge in [-0.2, -0.15) is 0 Å². The summed E-state index contributed by atoms with van der Waals surface area (Å²) in [5.74, 6) is -0.0361. The molecule has 0 bridgehead atoms. The molecule has 0 aliphatic heterocycles. The molecule has 262 valence electrons. The van der Waals surface area contributed by atoms with Gasteiger partial charge in [0.1, 0.15) is 17.9 Å². The fourth-order valence-electron chi connectivity index (χ4n) is 6.72. The lowest BCUT2D eigenvalue weighted by molar-refractivity contribution is -0.133. The van der Waals surface area contributed by atoms with Crippen LogP contribution < -0.4 is 21.7 Å². The van der Waals surface area contributed by atoms with E-state index in [1.165, 1.54) is 43.2 Å². The van der Waals surface area contributed by atoms with Crippen molar-refractivity contribution >= 4 is 28.8 Å². The van der Waals surface area contributed by atoms with Crippen molar-refractivity contribution in [2.24, 2.45) is 11.7 Å². The Morgan fingerprint density at radius 3 is 2.38 bits per heavy atom. The molecule has 0 unspecified atom stereocenters. The molecule has 1 fully saturated rings. The first-order valence-corrected chi connectivity index (χ1v) is 18.0. The summed E-state index contributed by atoms with van der Waals surface area (Å²) in [4.78, 5) is 44.0. The van der Waals surface area contributed by atoms with Gasteiger partial charge in [-0.05, 0) is 94.5 Å². The molecule has 1 saturated carbocycles. The molecule has 0 saturated heterocycles. The molecule has 6 N–H and O–H groups in total. The average Bonchev–Trinajstić information content (AvgIpc) is 3.43. The van der Waals surface area contributed by atoms with Gasteiger partial charge in [-0.15, -0.1) is 0 Å². The minimum absolute atomic E-state index is 0.238. The number of aromatic nitrogens is 2. The van der Waals surface area contributed by atoms with E-state index < -0.39 is 30.5 Å². The second kappa shape index (κ2) is 19.3. The number of nitrogens with two attached hydrogens (primary N) is 1. The Bertz CT molecular complexity index is 1450. The van der Waals surface area contributed by atoms with Gasteiger partial charge in [0.25, 0.3) is 0 Å². The maximum Gasteiger partial charge on any atom is 0.245 e. The normalized spacial score (nSPS) is 15.5. The zero-order valence-corrected chi connectivity index (χ0v) is 28.9. The number of benzene rings is 2. The standard InChI is InChI=1S/C38H56N6O4/c1-27(31-20-18-30(19-21-31)14-9-11-25-44-28(2)41-32-15-6-7-17-35(32)44)36(46)43-34(26-45)38(48)42-33(16-8-10-23-39)37(47)40-24-22-29-12-4-3-5-13-29/h6-7,15,17-21,27,29,33-34,45H,3-5,8-14,16,22-26,39H2,1-2H3,(H,40,47)(H,42,48)(H,43,46)/t27-,33-,34-/m0/s1. The van der Waals surface area contributed by atoms with Crippen LogP contribution in [0.25, 0.3) is 11.0 Å². The number of aryl methyl sites for hydroxylation is 3. The van der Waals surface area contributed by atoms with Crippen molar-refractivity contribution in [1.82, 2.24) is 25.5 Å². The van der Waals surface area contributed by atoms with Crippen LogP contribution in [0.4, 0.5) is 0 Å². The van der Waals surface area contributed by atoms with Crippen molar-refractivity contribution in [1.29, 1.82) is 0 Å². The number of amides is 3. The number of carbonyl (C=O) groups excluding carboxylic acids is 3. The van der Waals surface area contributed by atoms with Gasteiger partial charge >= 0.3 is 0 Å². The van der Waals surface area contributed by atoms with E-state index in [1.54, 1.807) is 6.92 Å². The highest BCUT2D eigenvalue weighted by Crippen LogP contribution is 2.26. The Balaban J connectivity index is 1.24. The Morgan fingerprint density at radius 2 is 1.65 bits per heavy atom. The topological polar surface area (TPSA) is 151 Å². The number of imidazole rings is 1. The highest BCUT2D eigenvalue weighted by molar-refractivity contribution is 5.93. The number of aliphatic hydroxyl groups excluding tert-OH is 1. The molecule has 10 nitrogen and oxygen atoms in total. The quantitative estimate of drug-likeness (QED) is 0.118. The maximum atomic E-state index is 13.2. The van der Waals surface area contributed by atoms with E-state index in [1.807, 2.05) is 49.4 Å². The van der Waals surface area contributed by atoms with E-state index in [9.17, 15) is 19.5 Å². The summed E-state index contributed by atoms with van der Waals surface area (Å²) in [6, 6.07) is 14.3. The molecular weight excluding hydrogens is 604 g/mol. The van der Waals surface area contributed by atoms with E-state index in [4.69, 9.17) is 5.73 Å². The number of para-hydroxylation sites is 2. The van der Waals surface area contributed by atoms with E-state index in [0.29, 0.717) is 31.8 Å². The van der Waals surface area contributed by atoms with Crippen LogP contribution >= 0.6 is 0 Å². The predicted octanol–water partition coefficient (Wildman–Crippen LogP) is 4.65. The minimum atomic E-state index is -1.16. The monoisotopic (exact) mass is 660 g/mol. The van der Waals surface area contributed by atoms with Crippen LogP contribution in [-0.2, 0) is 27.3 Å². The Labute approximate surface area is 285 Å². The fraction of sp³-hybridized carbons (Fsp3) is 0.579. The second-order valence-corrected chi connectivity index (χ2v) is 13.4. The van der Waals surface area contributed by atoms with Crippen molar-refractivity contribution < 1.29 is 19.5 Å². The smallest absolute Gasteiger partial charge is 0.245 e. The molecule has 0 spiro atoms. The van der Waals surface area contributed by atoms with Crippen LogP contribution in [0.2, 0.25) is 0 Å². The molecule has 48 heavy (non-hydrogen) atoms. The summed E-state index contributed by atoms with van der Waals surface area (Å²) in [5.41, 5.74) is 9.87. The first kappa shape index (κ1) is 37.1. The number of nitrogens with one attached hydrogen (secondary N) is 3. The number of carbonyl (C=O) groups is 3. The van der Waals surface area contributed by atoms with E-state index in [-0.39, 0.29) is 11.8 Å². The van der Waals surface area contributed by atoms with Crippen molar-refractivity contribution in [3.05, 3.63) is 65.5 Å². The van der Waals surface area contributed by atoms with Gasteiger partial charge in [0.2, 0.25) is 17.7 Å². The molecule has 2 aromatic carbocycles. The molecule has 3 aromatic rings. The second-order valence-electron chi connectivity index (χ2n) is 13.4. The molecule has 1 aliphatic carbocycles. The third-order valence-corrected chi connectivity index (χ3v) is 9.79. The SMILES string of the molecule is Cc1nc2ccccc2n1CCCCc1ccc([C@H](C)C(=O)N[C@@H](CO)C(=O)N[C@@H](CCCCN)C(=O)NCCC2CCCCC2)cc1. The number of hydrogen-bond donors (Lipinski definition) is 5. The van der Waals surface area contributed by atoms with Crippen LogP contribution in [0.3, 0.4) is 0 Å². The number of unbranched alkanes of at least 4 members (excludes halogenated alkanes) is 2. The maximum absolute atomic E-state index is 13.2. The minimum Gasteiger partial charge on any atom is -0.394 e. The zero-order valence-electron chi connectivity index (χ0n) is 28.9. The van der Waals surface area contributed by atoms with Crippen molar-refractivity contribution in [3.8, 4) is 0 Å². The highest BCUT2D eigenvalue weighted by atomic mass is 16.3. The number of hydrogen-bond acceptors (Lipinski definition) is 6. The highest BCUT2D eigenvalue weighted by Gasteiger charge is 2.28. The number of aliphatic hydroxyl groups is 1. The molecule has 10 heteroatoms. The number of fused-ring (bicyclic) bond motifs is 1. The molecule has 1 aromatic heterocycles. The summed E-state index contributed by atoms with van der Waals surface area (Å²) in [6.07, 6.45) is 12.0. The molecular formula is C38H56N6O4. The lowest BCUT2D eigenvalue weighted by Gasteiger charge is -2.24. The number of nitrogens with zero attached hydrogens (tertiary/aromatic N) is 2. The van der Waals surface area contributed by atoms with E-state index >= 15 is 0 Å². The van der Waals surface area contributed by atoms with Crippen LogP contribution in [0.15, 0.2) is 48.5 Å². The van der Waals surface area contributed by atoms with E-state index in [0.717, 1.165) is 55.6 Å². The first-order chi connectivity index (χ1) is 23.3.